The lowest BCUT2D eigenvalue weighted by molar-refractivity contribution is -0.143. The molecule has 3 rings (SSSR count). The number of primary sulfonamides is 1. The average molecular weight is 468 g/mol. The molecule has 1 fully saturated rings. The van der Waals surface area contributed by atoms with Crippen molar-refractivity contribution in [3.63, 3.8) is 0 Å². The van der Waals surface area contributed by atoms with Crippen molar-refractivity contribution in [3.8, 4) is 5.88 Å². The van der Waals surface area contributed by atoms with Gasteiger partial charge in [-0.05, 0) is 30.7 Å². The van der Waals surface area contributed by atoms with Crippen molar-refractivity contribution < 1.29 is 40.2 Å². The monoisotopic (exact) mass is 468 g/mol. The molecule has 8 nitrogen and oxygen atoms in total. The first kappa shape index (κ1) is 23.1. The lowest BCUT2D eigenvalue weighted by Crippen LogP contribution is -2.43. The van der Waals surface area contributed by atoms with E-state index in [-0.39, 0.29) is 23.0 Å². The number of benzene rings is 1. The fourth-order valence-corrected chi connectivity index (χ4v) is 3.42. The second-order valence-electron chi connectivity index (χ2n) is 6.93. The highest BCUT2D eigenvalue weighted by molar-refractivity contribution is 7.89. The molecule has 0 saturated heterocycles. The number of ether oxygens (including phenoxy) is 1. The van der Waals surface area contributed by atoms with Gasteiger partial charge in [-0.15, -0.1) is 0 Å². The number of sulfonamides is 1. The minimum Gasteiger partial charge on any atom is -0.471 e. The molecule has 0 unspecified atom stereocenters. The van der Waals surface area contributed by atoms with E-state index in [1.165, 1.54) is 12.1 Å². The molecule has 14 heteroatoms. The Bertz CT molecular complexity index is 1050. The number of aromatic nitrogens is 2. The topological polar surface area (TPSA) is 127 Å². The van der Waals surface area contributed by atoms with E-state index in [2.05, 4.69) is 15.3 Å². The zero-order valence-corrected chi connectivity index (χ0v) is 16.4. The van der Waals surface area contributed by atoms with Crippen LogP contribution in [-0.2, 0) is 16.2 Å². The molecule has 31 heavy (non-hydrogen) atoms. The highest BCUT2D eigenvalue weighted by Gasteiger charge is 2.44. The summed E-state index contributed by atoms with van der Waals surface area (Å²) in [7, 11) is -3.94. The first-order chi connectivity index (χ1) is 14.2. The van der Waals surface area contributed by atoms with Crippen LogP contribution in [0.4, 0.5) is 33.6 Å². The minimum absolute atomic E-state index is 0.192. The SMILES string of the molecule is NS(=O)(=O)c1ccc(Nc2ncc(C(F)(F)F)c(O[C@H]3CC(F)(F)CC[C@H]3O)n2)cc1. The molecule has 0 spiro atoms. The van der Waals surface area contributed by atoms with Gasteiger partial charge in [-0.25, -0.2) is 27.3 Å². The minimum atomic E-state index is -4.94. The molecule has 0 aliphatic heterocycles. The molecule has 1 saturated carbocycles. The number of hydrogen-bond acceptors (Lipinski definition) is 7. The summed E-state index contributed by atoms with van der Waals surface area (Å²) in [6, 6.07) is 4.85. The van der Waals surface area contributed by atoms with Gasteiger partial charge >= 0.3 is 6.18 Å². The van der Waals surface area contributed by atoms with Crippen molar-refractivity contribution in [1.29, 1.82) is 0 Å². The smallest absolute Gasteiger partial charge is 0.423 e. The van der Waals surface area contributed by atoms with Crippen LogP contribution in [0.1, 0.15) is 24.8 Å². The summed E-state index contributed by atoms with van der Waals surface area (Å²) >= 11 is 0. The molecule has 0 bridgehead atoms. The van der Waals surface area contributed by atoms with Crippen molar-refractivity contribution in [2.45, 2.75) is 48.5 Å². The van der Waals surface area contributed by atoms with Gasteiger partial charge in [0.05, 0.1) is 17.4 Å². The van der Waals surface area contributed by atoms with Gasteiger partial charge in [0.15, 0.2) is 0 Å². The van der Waals surface area contributed by atoms with Crippen LogP contribution in [0, 0.1) is 0 Å². The van der Waals surface area contributed by atoms with E-state index in [0.29, 0.717) is 6.20 Å². The summed E-state index contributed by atoms with van der Waals surface area (Å²) in [4.78, 5) is 6.96. The number of rotatable bonds is 5. The Morgan fingerprint density at radius 2 is 1.87 bits per heavy atom. The van der Waals surface area contributed by atoms with E-state index in [0.717, 1.165) is 12.1 Å². The zero-order chi connectivity index (χ0) is 23.0. The fraction of sp³-hybridized carbons (Fsp3) is 0.412. The highest BCUT2D eigenvalue weighted by atomic mass is 32.2. The largest absolute Gasteiger partial charge is 0.471 e. The molecule has 0 amide bonds. The highest BCUT2D eigenvalue weighted by Crippen LogP contribution is 2.39. The van der Waals surface area contributed by atoms with E-state index in [1.54, 1.807) is 0 Å². The quantitative estimate of drug-likeness (QED) is 0.576. The summed E-state index contributed by atoms with van der Waals surface area (Å²) in [5.74, 6) is -4.59. The number of nitrogens with one attached hydrogen (secondary N) is 1. The van der Waals surface area contributed by atoms with Crippen LogP contribution in [0.25, 0.3) is 0 Å². The standard InChI is InChI=1S/C17H17F5N4O4S/c18-16(19)6-5-12(27)13(7-16)30-14-11(17(20,21)22)8-24-15(26-14)25-9-1-3-10(4-2-9)31(23,28)29/h1-4,8,12-13,27H,5-7H2,(H2,23,28,29)(H,24,25,26)/t12-,13+/m1/s1. The first-order valence-electron chi connectivity index (χ1n) is 8.81. The molecule has 4 N–H and O–H groups in total. The predicted molar refractivity (Wildman–Crippen MR) is 97.4 cm³/mol. The van der Waals surface area contributed by atoms with Gasteiger partial charge in [0.2, 0.25) is 21.9 Å². The number of hydrogen-bond donors (Lipinski definition) is 3. The Balaban J connectivity index is 1.88. The van der Waals surface area contributed by atoms with E-state index < -0.39 is 58.6 Å². The predicted octanol–water partition coefficient (Wildman–Crippen LogP) is 2.81. The number of aliphatic hydroxyl groups is 1. The molecule has 1 aliphatic carbocycles. The maximum Gasteiger partial charge on any atom is 0.423 e. The summed E-state index contributed by atoms with van der Waals surface area (Å²) in [5.41, 5.74) is -1.19. The third-order valence-corrected chi connectivity index (χ3v) is 5.43. The number of anilines is 2. The Kier molecular flexibility index (Phi) is 6.08. The van der Waals surface area contributed by atoms with Crippen LogP contribution >= 0.6 is 0 Å². The summed E-state index contributed by atoms with van der Waals surface area (Å²) in [6.45, 7) is 0. The second kappa shape index (κ2) is 8.16. The van der Waals surface area contributed by atoms with Gasteiger partial charge in [-0.3, -0.25) is 0 Å². The van der Waals surface area contributed by atoms with Crippen LogP contribution < -0.4 is 15.2 Å². The molecule has 170 valence electrons. The first-order valence-corrected chi connectivity index (χ1v) is 10.4. The average Bonchev–Trinajstić information content (AvgIpc) is 2.63. The van der Waals surface area contributed by atoms with Crippen LogP contribution in [0.15, 0.2) is 35.4 Å². The molecule has 1 aromatic heterocycles. The van der Waals surface area contributed by atoms with Gasteiger partial charge in [-0.2, -0.15) is 18.2 Å². The van der Waals surface area contributed by atoms with Gasteiger partial charge in [0.1, 0.15) is 11.7 Å². The normalized spacial score (nSPS) is 21.5. The number of nitrogens with zero attached hydrogens (tertiary/aromatic N) is 2. The number of halogens is 5. The van der Waals surface area contributed by atoms with Gasteiger partial charge in [0, 0.05) is 18.3 Å². The molecule has 2 atom stereocenters. The number of nitrogens with two attached hydrogens (primary N) is 1. The van der Waals surface area contributed by atoms with Gasteiger partial charge < -0.3 is 15.2 Å². The molecule has 1 aliphatic rings. The third kappa shape index (κ3) is 5.77. The Morgan fingerprint density at radius 1 is 1.23 bits per heavy atom. The van der Waals surface area contributed by atoms with Crippen LogP contribution in [0.5, 0.6) is 5.88 Å². The van der Waals surface area contributed by atoms with E-state index in [1.807, 2.05) is 0 Å². The molecular weight excluding hydrogens is 451 g/mol. The molecular formula is C17H17F5N4O4S. The van der Waals surface area contributed by atoms with Crippen molar-refractivity contribution in [1.82, 2.24) is 9.97 Å². The van der Waals surface area contributed by atoms with Gasteiger partial charge in [-0.1, -0.05) is 0 Å². The van der Waals surface area contributed by atoms with Crippen molar-refractivity contribution in [3.05, 3.63) is 36.0 Å². The lowest BCUT2D eigenvalue weighted by Gasteiger charge is -2.33. The van der Waals surface area contributed by atoms with Crippen LogP contribution in [0.2, 0.25) is 0 Å². The number of aliphatic hydroxyl groups excluding tert-OH is 1. The van der Waals surface area contributed by atoms with Gasteiger partial charge in [0.25, 0.3) is 5.92 Å². The maximum atomic E-state index is 13.6. The molecule has 2 aromatic rings. The second-order valence-corrected chi connectivity index (χ2v) is 8.49. The molecule has 1 heterocycles. The fourth-order valence-electron chi connectivity index (χ4n) is 2.91. The van der Waals surface area contributed by atoms with E-state index in [4.69, 9.17) is 9.88 Å². The lowest BCUT2D eigenvalue weighted by atomic mass is 9.91. The zero-order valence-electron chi connectivity index (χ0n) is 15.6. The summed E-state index contributed by atoms with van der Waals surface area (Å²) < 4.78 is 94.8. The Hall–Kier alpha value is -2.58. The van der Waals surface area contributed by atoms with E-state index >= 15 is 0 Å². The number of alkyl halides is 5. The molecule has 0 radical (unpaired) electrons. The summed E-state index contributed by atoms with van der Waals surface area (Å²) in [5, 5.41) is 17.4. The third-order valence-electron chi connectivity index (χ3n) is 4.50. The van der Waals surface area contributed by atoms with Crippen molar-refractivity contribution in [2.75, 3.05) is 5.32 Å². The van der Waals surface area contributed by atoms with Crippen LogP contribution in [0.3, 0.4) is 0 Å². The maximum absolute atomic E-state index is 13.6. The van der Waals surface area contributed by atoms with Crippen LogP contribution in [-0.4, -0.2) is 41.6 Å². The Labute approximate surface area is 173 Å². The molecule has 1 aromatic carbocycles. The Morgan fingerprint density at radius 3 is 2.45 bits per heavy atom. The van der Waals surface area contributed by atoms with Crippen molar-refractivity contribution in [2.24, 2.45) is 5.14 Å². The van der Waals surface area contributed by atoms with Crippen molar-refractivity contribution >= 4 is 21.7 Å². The summed E-state index contributed by atoms with van der Waals surface area (Å²) in [6.07, 6.45) is -9.42. The van der Waals surface area contributed by atoms with E-state index in [9.17, 15) is 35.5 Å².